The van der Waals surface area contributed by atoms with E-state index < -0.39 is 17.5 Å². The summed E-state index contributed by atoms with van der Waals surface area (Å²) < 4.78 is 18.4. The second-order valence-electron chi connectivity index (χ2n) is 6.39. The highest BCUT2D eigenvalue weighted by Crippen LogP contribution is 2.15. The Kier molecular flexibility index (Phi) is 4.68. The number of hydrogen-bond acceptors (Lipinski definition) is 3. The molecule has 2 rings (SSSR count). The van der Waals surface area contributed by atoms with Crippen molar-refractivity contribution in [1.29, 1.82) is 0 Å². The lowest BCUT2D eigenvalue weighted by Gasteiger charge is -2.22. The Morgan fingerprint density at radius 2 is 2.09 bits per heavy atom. The Morgan fingerprint density at radius 3 is 2.73 bits per heavy atom. The number of rotatable bonds is 2. The summed E-state index contributed by atoms with van der Waals surface area (Å²) in [6.45, 7) is 6.30. The summed E-state index contributed by atoms with van der Waals surface area (Å²) in [5, 5.41) is 2.75. The van der Waals surface area contributed by atoms with Crippen LogP contribution < -0.4 is 5.32 Å². The molecular weight excluding hydrogens is 287 g/mol. The molecule has 1 fully saturated rings. The monoisotopic (exact) mass is 308 g/mol. The van der Waals surface area contributed by atoms with Gasteiger partial charge in [-0.3, -0.25) is 4.79 Å². The Morgan fingerprint density at radius 1 is 1.36 bits per heavy atom. The van der Waals surface area contributed by atoms with E-state index in [1.807, 2.05) is 0 Å². The van der Waals surface area contributed by atoms with Gasteiger partial charge in [-0.05, 0) is 45.4 Å². The number of nitrogens with one attached hydrogen (secondary N) is 1. The quantitative estimate of drug-likeness (QED) is 0.913. The minimum absolute atomic E-state index is 0.146. The number of hydrogen-bond donors (Lipinski definition) is 1. The number of nitrogens with zero attached hydrogens (tertiary/aromatic N) is 1. The zero-order valence-corrected chi connectivity index (χ0v) is 13.1. The van der Waals surface area contributed by atoms with Crippen LogP contribution in [0.3, 0.4) is 0 Å². The molecule has 0 unspecified atom stereocenters. The highest BCUT2D eigenvalue weighted by Gasteiger charge is 2.29. The van der Waals surface area contributed by atoms with Gasteiger partial charge in [-0.1, -0.05) is 6.07 Å². The second-order valence-corrected chi connectivity index (χ2v) is 6.39. The number of ether oxygens (including phenoxy) is 1. The molecule has 5 nitrogen and oxygen atoms in total. The first-order chi connectivity index (χ1) is 10.2. The van der Waals surface area contributed by atoms with Crippen LogP contribution in [0, 0.1) is 5.82 Å². The zero-order valence-electron chi connectivity index (χ0n) is 13.1. The maximum absolute atomic E-state index is 13.2. The van der Waals surface area contributed by atoms with Crippen LogP contribution in [-0.2, 0) is 4.74 Å². The lowest BCUT2D eigenvalue weighted by molar-refractivity contribution is 0.0502. The number of amides is 2. The topological polar surface area (TPSA) is 58.6 Å². The number of halogens is 1. The van der Waals surface area contributed by atoms with Crippen molar-refractivity contribution >= 4 is 12.0 Å². The Labute approximate surface area is 129 Å². The molecule has 0 aliphatic carbocycles. The van der Waals surface area contributed by atoms with E-state index in [2.05, 4.69) is 5.32 Å². The molecule has 22 heavy (non-hydrogen) atoms. The summed E-state index contributed by atoms with van der Waals surface area (Å²) in [4.78, 5) is 25.6. The van der Waals surface area contributed by atoms with Crippen molar-refractivity contribution in [3.8, 4) is 0 Å². The molecule has 0 aromatic heterocycles. The summed E-state index contributed by atoms with van der Waals surface area (Å²) in [6.07, 6.45) is 0.165. The molecule has 6 heteroatoms. The predicted octanol–water partition coefficient (Wildman–Crippen LogP) is 2.56. The van der Waals surface area contributed by atoms with Crippen molar-refractivity contribution in [3.05, 3.63) is 35.6 Å². The van der Waals surface area contributed by atoms with E-state index in [1.54, 1.807) is 31.7 Å². The summed E-state index contributed by atoms with van der Waals surface area (Å²) in [5.41, 5.74) is -0.238. The number of alkyl carbamates (subject to hydrolysis) is 1. The first-order valence-corrected chi connectivity index (χ1v) is 7.29. The maximum atomic E-state index is 13.2. The number of carbonyl (C=O) groups is 2. The van der Waals surface area contributed by atoms with Crippen molar-refractivity contribution in [1.82, 2.24) is 10.2 Å². The Hall–Kier alpha value is -2.11. The average Bonchev–Trinajstić information content (AvgIpc) is 2.84. The van der Waals surface area contributed by atoms with Crippen LogP contribution in [0.4, 0.5) is 9.18 Å². The van der Waals surface area contributed by atoms with Gasteiger partial charge < -0.3 is 15.0 Å². The van der Waals surface area contributed by atoms with Crippen LogP contribution in [0.1, 0.15) is 37.6 Å². The van der Waals surface area contributed by atoms with Crippen LogP contribution >= 0.6 is 0 Å². The van der Waals surface area contributed by atoms with Crippen LogP contribution in [0.15, 0.2) is 24.3 Å². The molecule has 1 saturated heterocycles. The van der Waals surface area contributed by atoms with E-state index in [4.69, 9.17) is 4.74 Å². The molecule has 0 saturated carbocycles. The molecule has 0 radical (unpaired) electrons. The molecule has 1 N–H and O–H groups in total. The van der Waals surface area contributed by atoms with Gasteiger partial charge in [0.05, 0.1) is 6.04 Å². The van der Waals surface area contributed by atoms with Crippen LogP contribution in [0.25, 0.3) is 0 Å². The van der Waals surface area contributed by atoms with Crippen LogP contribution in [0.2, 0.25) is 0 Å². The smallest absolute Gasteiger partial charge is 0.407 e. The Bertz CT molecular complexity index is 569. The van der Waals surface area contributed by atoms with Gasteiger partial charge in [0.25, 0.3) is 5.91 Å². The molecule has 0 bridgehead atoms. The van der Waals surface area contributed by atoms with Gasteiger partial charge in [0.1, 0.15) is 11.4 Å². The summed E-state index contributed by atoms with van der Waals surface area (Å²) in [5.74, 6) is -0.665. The predicted molar refractivity (Wildman–Crippen MR) is 80.1 cm³/mol. The summed E-state index contributed by atoms with van der Waals surface area (Å²) in [7, 11) is 0. The van der Waals surface area contributed by atoms with Gasteiger partial charge >= 0.3 is 6.09 Å². The molecule has 1 aromatic carbocycles. The molecule has 120 valence electrons. The van der Waals surface area contributed by atoms with Crippen LogP contribution in [0.5, 0.6) is 0 Å². The maximum Gasteiger partial charge on any atom is 0.407 e. The van der Waals surface area contributed by atoms with Crippen molar-refractivity contribution in [2.45, 2.75) is 38.8 Å². The Balaban J connectivity index is 1.90. The van der Waals surface area contributed by atoms with E-state index in [0.717, 1.165) is 0 Å². The third-order valence-electron chi connectivity index (χ3n) is 3.27. The molecule has 1 aliphatic heterocycles. The largest absolute Gasteiger partial charge is 0.444 e. The average molecular weight is 308 g/mol. The lowest BCUT2D eigenvalue weighted by atomic mass is 10.2. The van der Waals surface area contributed by atoms with E-state index in [1.165, 1.54) is 18.2 Å². The van der Waals surface area contributed by atoms with Gasteiger partial charge in [-0.25, -0.2) is 9.18 Å². The normalized spacial score (nSPS) is 18.2. The number of benzene rings is 1. The van der Waals surface area contributed by atoms with E-state index in [-0.39, 0.29) is 11.9 Å². The number of carbonyl (C=O) groups excluding carboxylic acids is 2. The van der Waals surface area contributed by atoms with Gasteiger partial charge in [-0.2, -0.15) is 0 Å². The first-order valence-electron chi connectivity index (χ1n) is 7.29. The molecule has 0 spiro atoms. The van der Waals surface area contributed by atoms with Gasteiger partial charge in [-0.15, -0.1) is 0 Å². The van der Waals surface area contributed by atoms with Crippen LogP contribution in [-0.4, -0.2) is 41.6 Å². The molecule has 1 atom stereocenters. The minimum Gasteiger partial charge on any atom is -0.444 e. The third kappa shape index (κ3) is 4.44. The molecular formula is C16H21FN2O3. The van der Waals surface area contributed by atoms with Crippen molar-refractivity contribution in [2.24, 2.45) is 0 Å². The fourth-order valence-corrected chi connectivity index (χ4v) is 2.34. The lowest BCUT2D eigenvalue weighted by Crippen LogP contribution is -2.41. The molecule has 2 amide bonds. The standard InChI is InChI=1S/C16H21FN2O3/c1-16(2,3)22-15(21)18-13-7-8-19(10-13)14(20)11-5-4-6-12(17)9-11/h4-6,9,13H,7-8,10H2,1-3H3,(H,18,21)/t13-/m0/s1. The van der Waals surface area contributed by atoms with Gasteiger partial charge in [0, 0.05) is 18.7 Å². The second kappa shape index (κ2) is 6.34. The van der Waals surface area contributed by atoms with Crippen molar-refractivity contribution in [3.63, 3.8) is 0 Å². The third-order valence-corrected chi connectivity index (χ3v) is 3.27. The molecule has 1 heterocycles. The van der Waals surface area contributed by atoms with Crippen molar-refractivity contribution < 1.29 is 18.7 Å². The van der Waals surface area contributed by atoms with E-state index in [0.29, 0.717) is 25.1 Å². The molecule has 1 aliphatic rings. The summed E-state index contributed by atoms with van der Waals surface area (Å²) >= 11 is 0. The fraction of sp³-hybridized carbons (Fsp3) is 0.500. The first kappa shape index (κ1) is 16.3. The van der Waals surface area contributed by atoms with Gasteiger partial charge in [0.2, 0.25) is 0 Å². The SMILES string of the molecule is CC(C)(C)OC(=O)N[C@H]1CCN(C(=O)c2cccc(F)c2)C1. The highest BCUT2D eigenvalue weighted by atomic mass is 19.1. The number of likely N-dealkylation sites (tertiary alicyclic amines) is 1. The van der Waals surface area contributed by atoms with E-state index in [9.17, 15) is 14.0 Å². The minimum atomic E-state index is -0.556. The zero-order chi connectivity index (χ0) is 16.3. The highest BCUT2D eigenvalue weighted by molar-refractivity contribution is 5.94. The van der Waals surface area contributed by atoms with E-state index >= 15 is 0 Å². The molecule has 1 aromatic rings. The summed E-state index contributed by atoms with van der Waals surface area (Å²) in [6, 6.07) is 5.46. The van der Waals surface area contributed by atoms with Gasteiger partial charge in [0.15, 0.2) is 0 Å². The van der Waals surface area contributed by atoms with Crippen molar-refractivity contribution in [2.75, 3.05) is 13.1 Å². The fourth-order valence-electron chi connectivity index (χ4n) is 2.34.